The Morgan fingerprint density at radius 2 is 1.13 bits per heavy atom. The highest BCUT2D eigenvalue weighted by Gasteiger charge is 2.24. The molecule has 0 aliphatic carbocycles. The Hall–Kier alpha value is -7.24. The molecule has 5 heteroatoms. The number of amidine groups is 2. The maximum absolute atomic E-state index is 6.49. The lowest BCUT2D eigenvalue weighted by Crippen LogP contribution is -2.33. The molecular formula is C49H31N3O2. The summed E-state index contributed by atoms with van der Waals surface area (Å²) in [6.45, 7) is 0. The van der Waals surface area contributed by atoms with Gasteiger partial charge in [-0.2, -0.15) is 0 Å². The van der Waals surface area contributed by atoms with Gasteiger partial charge in [0.1, 0.15) is 34.3 Å². The van der Waals surface area contributed by atoms with Crippen LogP contribution in [0.4, 0.5) is 0 Å². The topological polar surface area (TPSA) is 63.0 Å². The highest BCUT2D eigenvalue weighted by Crippen LogP contribution is 2.40. The highest BCUT2D eigenvalue weighted by molar-refractivity contribution is 6.22. The molecule has 10 aromatic rings. The van der Waals surface area contributed by atoms with Crippen molar-refractivity contribution >= 4 is 66.3 Å². The van der Waals surface area contributed by atoms with Crippen LogP contribution in [0.1, 0.15) is 22.9 Å². The Kier molecular flexibility index (Phi) is 6.85. The summed E-state index contributed by atoms with van der Waals surface area (Å²) in [5, 5.41) is 10.2. The molecule has 254 valence electrons. The van der Waals surface area contributed by atoms with E-state index in [-0.39, 0.29) is 6.17 Å². The number of fused-ring (bicyclic) bond motifs is 7. The summed E-state index contributed by atoms with van der Waals surface area (Å²) in [7, 11) is 0. The zero-order valence-electron chi connectivity index (χ0n) is 29.0. The summed E-state index contributed by atoms with van der Waals surface area (Å²) < 4.78 is 12.9. The van der Waals surface area contributed by atoms with Gasteiger partial charge < -0.3 is 14.2 Å². The first-order valence-corrected chi connectivity index (χ1v) is 18.2. The van der Waals surface area contributed by atoms with E-state index in [2.05, 4.69) is 151 Å². The number of rotatable bonds is 5. The lowest BCUT2D eigenvalue weighted by atomic mass is 9.98. The fourth-order valence-corrected chi connectivity index (χ4v) is 7.87. The maximum Gasteiger partial charge on any atom is 0.160 e. The first-order chi connectivity index (χ1) is 26.7. The maximum atomic E-state index is 6.49. The molecule has 0 saturated heterocycles. The average Bonchev–Trinajstić information content (AvgIpc) is 3.82. The van der Waals surface area contributed by atoms with Gasteiger partial charge in [0.05, 0.1) is 0 Å². The number of furan rings is 2. The largest absolute Gasteiger partial charge is 0.456 e. The van der Waals surface area contributed by atoms with Crippen molar-refractivity contribution in [1.82, 2.24) is 5.32 Å². The van der Waals surface area contributed by atoms with Crippen molar-refractivity contribution in [3.05, 3.63) is 193 Å². The summed E-state index contributed by atoms with van der Waals surface area (Å²) in [5.74, 6) is 1.41. The fraction of sp³-hybridized carbons (Fsp3) is 0.0204. The van der Waals surface area contributed by atoms with Crippen LogP contribution in [0.25, 0.3) is 76.9 Å². The van der Waals surface area contributed by atoms with Crippen molar-refractivity contribution < 1.29 is 8.83 Å². The third-order valence-electron chi connectivity index (χ3n) is 10.6. The van der Waals surface area contributed by atoms with E-state index in [4.69, 9.17) is 18.8 Å². The van der Waals surface area contributed by atoms with Crippen LogP contribution >= 0.6 is 0 Å². The van der Waals surface area contributed by atoms with Crippen LogP contribution in [-0.4, -0.2) is 11.7 Å². The molecule has 54 heavy (non-hydrogen) atoms. The minimum absolute atomic E-state index is 0.363. The predicted molar refractivity (Wildman–Crippen MR) is 221 cm³/mol. The molecule has 1 N–H and O–H groups in total. The highest BCUT2D eigenvalue weighted by atomic mass is 16.3. The third-order valence-corrected chi connectivity index (χ3v) is 10.6. The van der Waals surface area contributed by atoms with Crippen molar-refractivity contribution in [2.45, 2.75) is 6.17 Å². The third kappa shape index (κ3) is 5.01. The summed E-state index contributed by atoms with van der Waals surface area (Å²) in [5.41, 5.74) is 10.7. The molecule has 1 aliphatic heterocycles. The summed E-state index contributed by atoms with van der Waals surface area (Å²) >= 11 is 0. The molecule has 2 aromatic heterocycles. The van der Waals surface area contributed by atoms with Crippen LogP contribution in [0.3, 0.4) is 0 Å². The Labute approximate surface area is 310 Å². The molecule has 1 aliphatic rings. The smallest absolute Gasteiger partial charge is 0.160 e. The number of hydrogen-bond acceptors (Lipinski definition) is 5. The van der Waals surface area contributed by atoms with E-state index in [9.17, 15) is 0 Å². The zero-order valence-corrected chi connectivity index (χ0v) is 29.0. The second-order valence-electron chi connectivity index (χ2n) is 13.8. The normalized spacial score (nSPS) is 14.5. The van der Waals surface area contributed by atoms with Gasteiger partial charge in [-0.05, 0) is 63.4 Å². The molecule has 0 saturated carbocycles. The minimum Gasteiger partial charge on any atom is -0.456 e. The van der Waals surface area contributed by atoms with Gasteiger partial charge in [0.25, 0.3) is 0 Å². The molecule has 5 nitrogen and oxygen atoms in total. The first-order valence-electron chi connectivity index (χ1n) is 18.2. The van der Waals surface area contributed by atoms with Crippen LogP contribution in [0.15, 0.2) is 195 Å². The quantitative estimate of drug-likeness (QED) is 0.195. The Morgan fingerprint density at radius 1 is 0.444 bits per heavy atom. The van der Waals surface area contributed by atoms with E-state index < -0.39 is 0 Å². The second-order valence-corrected chi connectivity index (χ2v) is 13.8. The van der Waals surface area contributed by atoms with Crippen LogP contribution < -0.4 is 5.32 Å². The first kappa shape index (κ1) is 30.4. The van der Waals surface area contributed by atoms with E-state index in [1.807, 2.05) is 30.3 Å². The van der Waals surface area contributed by atoms with E-state index in [1.165, 1.54) is 10.9 Å². The molecule has 0 amide bonds. The number of nitrogens with zero attached hydrogens (tertiary/aromatic N) is 2. The molecule has 3 heterocycles. The molecule has 1 unspecified atom stereocenters. The predicted octanol–water partition coefficient (Wildman–Crippen LogP) is 12.5. The van der Waals surface area contributed by atoms with Gasteiger partial charge in [-0.25, -0.2) is 9.98 Å². The monoisotopic (exact) mass is 693 g/mol. The number of para-hydroxylation sites is 2. The van der Waals surface area contributed by atoms with Gasteiger partial charge in [0.15, 0.2) is 5.84 Å². The van der Waals surface area contributed by atoms with Crippen LogP contribution in [0, 0.1) is 0 Å². The van der Waals surface area contributed by atoms with Gasteiger partial charge in [-0.15, -0.1) is 0 Å². The Bertz CT molecular complexity index is 3130. The fourth-order valence-electron chi connectivity index (χ4n) is 7.87. The lowest BCUT2D eigenvalue weighted by molar-refractivity contribution is 0.668. The number of nitrogens with one attached hydrogen (secondary N) is 1. The summed E-state index contributed by atoms with van der Waals surface area (Å²) in [6.07, 6.45) is -0.363. The summed E-state index contributed by atoms with van der Waals surface area (Å²) in [6, 6.07) is 61.0. The van der Waals surface area contributed by atoms with Gasteiger partial charge in [0.2, 0.25) is 0 Å². The van der Waals surface area contributed by atoms with Crippen molar-refractivity contribution in [2.24, 2.45) is 9.98 Å². The lowest BCUT2D eigenvalue weighted by Gasteiger charge is -2.24. The molecular weight excluding hydrogens is 663 g/mol. The average molecular weight is 694 g/mol. The molecule has 0 bridgehead atoms. The van der Waals surface area contributed by atoms with Crippen molar-refractivity contribution in [3.8, 4) is 22.3 Å². The second kappa shape index (κ2) is 12.2. The number of hydrogen-bond donors (Lipinski definition) is 1. The molecule has 0 radical (unpaired) electrons. The standard InChI is InChI=1S/C49H31N3O2/c1-2-10-30(11-3-1)32-20-23-33(24-21-32)47-50-48(36-25-22-31-12-4-5-13-34(31)28-36)52-49(51-47)40-17-9-19-44-45(40)41-29-35(26-27-43(41)53-44)37-15-8-16-39-38-14-6-7-18-42(38)54-46(37)39/h1-29,47H,(H,50,51,52). The van der Waals surface area contributed by atoms with E-state index >= 15 is 0 Å². The van der Waals surface area contributed by atoms with E-state index in [1.54, 1.807) is 0 Å². The van der Waals surface area contributed by atoms with Gasteiger partial charge in [-0.1, -0.05) is 146 Å². The van der Waals surface area contributed by atoms with Gasteiger partial charge >= 0.3 is 0 Å². The molecule has 11 rings (SSSR count). The molecule has 1 atom stereocenters. The SMILES string of the molecule is c1ccc(-c2ccc(C3N=C(c4cccc5oc6ccc(-c7cccc8c7oc7ccccc78)cc6c45)N=C(c4ccc5ccccc5c4)N3)cc2)cc1. The minimum atomic E-state index is -0.363. The molecule has 0 fully saturated rings. The number of benzene rings is 8. The van der Waals surface area contributed by atoms with E-state index in [0.29, 0.717) is 5.84 Å². The van der Waals surface area contributed by atoms with Crippen molar-refractivity contribution in [1.29, 1.82) is 0 Å². The van der Waals surface area contributed by atoms with Gasteiger partial charge in [0, 0.05) is 38.2 Å². The van der Waals surface area contributed by atoms with Crippen molar-refractivity contribution in [2.75, 3.05) is 0 Å². The molecule has 0 spiro atoms. The zero-order chi connectivity index (χ0) is 35.6. The Morgan fingerprint density at radius 3 is 2.04 bits per heavy atom. The van der Waals surface area contributed by atoms with Crippen LogP contribution in [0.5, 0.6) is 0 Å². The van der Waals surface area contributed by atoms with Crippen molar-refractivity contribution in [3.63, 3.8) is 0 Å². The molecule has 8 aromatic carbocycles. The van der Waals surface area contributed by atoms with Crippen LogP contribution in [-0.2, 0) is 0 Å². The van der Waals surface area contributed by atoms with E-state index in [0.717, 1.165) is 88.5 Å². The number of aliphatic imine (C=N–C) groups is 2. The Balaban J connectivity index is 1.08. The summed E-state index contributed by atoms with van der Waals surface area (Å²) in [4.78, 5) is 10.6. The van der Waals surface area contributed by atoms with Gasteiger partial charge in [-0.3, -0.25) is 0 Å². The van der Waals surface area contributed by atoms with Crippen LogP contribution in [0.2, 0.25) is 0 Å².